The van der Waals surface area contributed by atoms with Gasteiger partial charge in [-0.1, -0.05) is 0 Å². The van der Waals surface area contributed by atoms with Crippen molar-refractivity contribution >= 4 is 11.0 Å². The molecule has 0 atom stereocenters. The molecule has 0 bridgehead atoms. The molecule has 0 saturated heterocycles. The predicted molar refractivity (Wildman–Crippen MR) is 55.5 cm³/mol. The Morgan fingerprint density at radius 3 is 2.87 bits per heavy atom. The van der Waals surface area contributed by atoms with E-state index in [1.165, 1.54) is 4.57 Å². The topological polar surface area (TPSA) is 93.8 Å². The van der Waals surface area contributed by atoms with E-state index in [1.54, 1.807) is 19.2 Å². The number of nitrogens with two attached hydrogens (primary N) is 1. The van der Waals surface area contributed by atoms with Crippen LogP contribution in [0.15, 0.2) is 21.7 Å². The Hall–Kier alpha value is -1.95. The van der Waals surface area contributed by atoms with Gasteiger partial charge in [-0.3, -0.25) is 14.3 Å². The number of aromatic amines is 1. The predicted octanol–water partition coefficient (Wildman–Crippen LogP) is -0.920. The van der Waals surface area contributed by atoms with E-state index in [0.717, 1.165) is 0 Å². The number of H-pyrrole nitrogens is 1. The van der Waals surface area contributed by atoms with Crippen LogP contribution in [0.3, 0.4) is 0 Å². The van der Waals surface area contributed by atoms with Gasteiger partial charge in [-0.2, -0.15) is 0 Å². The molecule has 0 saturated carbocycles. The van der Waals surface area contributed by atoms with Crippen molar-refractivity contribution in [3.63, 3.8) is 0 Å². The molecule has 2 heterocycles. The highest BCUT2D eigenvalue weighted by atomic mass is 16.2. The zero-order chi connectivity index (χ0) is 11.0. The van der Waals surface area contributed by atoms with E-state index in [4.69, 9.17) is 5.73 Å². The van der Waals surface area contributed by atoms with Gasteiger partial charge >= 0.3 is 5.69 Å². The molecule has 2 aromatic rings. The highest BCUT2D eigenvalue weighted by Gasteiger charge is 2.05. The standard InChI is InChI=1S/C9H10N4O2/c1-13-7-6(8(14)12-9(13)15)3-2-5(4-10)11-7/h2-3H,4,10H2,1H3,(H,12,14,15). The lowest BCUT2D eigenvalue weighted by molar-refractivity contribution is 0.821. The SMILES string of the molecule is Cn1c(=O)[nH]c(=O)c2ccc(CN)nc21. The van der Waals surface area contributed by atoms with Crippen molar-refractivity contribution in [2.75, 3.05) is 0 Å². The van der Waals surface area contributed by atoms with Crippen molar-refractivity contribution in [3.8, 4) is 0 Å². The molecule has 0 unspecified atom stereocenters. The lowest BCUT2D eigenvalue weighted by atomic mass is 10.3. The van der Waals surface area contributed by atoms with Crippen molar-refractivity contribution in [1.29, 1.82) is 0 Å². The smallest absolute Gasteiger partial charge is 0.325 e. The first kappa shape index (κ1) is 9.60. The number of fused-ring (bicyclic) bond motifs is 1. The minimum atomic E-state index is -0.478. The maximum absolute atomic E-state index is 11.4. The summed E-state index contributed by atoms with van der Waals surface area (Å²) in [5.41, 5.74) is 5.52. The monoisotopic (exact) mass is 206 g/mol. The van der Waals surface area contributed by atoms with E-state index in [-0.39, 0.29) is 6.54 Å². The molecule has 0 amide bonds. The van der Waals surface area contributed by atoms with Gasteiger partial charge in [0.1, 0.15) is 5.65 Å². The normalized spacial score (nSPS) is 10.8. The first-order valence-corrected chi connectivity index (χ1v) is 4.42. The third kappa shape index (κ3) is 1.44. The lowest BCUT2D eigenvalue weighted by Crippen LogP contribution is -2.29. The van der Waals surface area contributed by atoms with Crippen molar-refractivity contribution in [3.05, 3.63) is 38.7 Å². The van der Waals surface area contributed by atoms with Crippen LogP contribution in [0.5, 0.6) is 0 Å². The molecule has 0 aliphatic rings. The fourth-order valence-electron chi connectivity index (χ4n) is 1.38. The summed E-state index contributed by atoms with van der Waals surface area (Å²) < 4.78 is 1.29. The summed E-state index contributed by atoms with van der Waals surface area (Å²) in [5.74, 6) is 0. The fraction of sp³-hybridized carbons (Fsp3) is 0.222. The average Bonchev–Trinajstić information content (AvgIpc) is 2.25. The van der Waals surface area contributed by atoms with Gasteiger partial charge in [-0.15, -0.1) is 0 Å². The molecular weight excluding hydrogens is 196 g/mol. The summed E-state index contributed by atoms with van der Waals surface area (Å²) in [6, 6.07) is 3.28. The summed E-state index contributed by atoms with van der Waals surface area (Å²) in [4.78, 5) is 29.0. The summed E-state index contributed by atoms with van der Waals surface area (Å²) in [6.07, 6.45) is 0. The van der Waals surface area contributed by atoms with Crippen LogP contribution in [0, 0.1) is 0 Å². The molecule has 0 radical (unpaired) electrons. The molecule has 0 spiro atoms. The van der Waals surface area contributed by atoms with Gasteiger partial charge in [0.25, 0.3) is 5.56 Å². The second-order valence-electron chi connectivity index (χ2n) is 3.20. The van der Waals surface area contributed by atoms with Gasteiger partial charge in [0, 0.05) is 13.6 Å². The summed E-state index contributed by atoms with van der Waals surface area (Å²) in [6.45, 7) is 0.275. The highest BCUT2D eigenvalue weighted by molar-refractivity contribution is 5.73. The van der Waals surface area contributed by atoms with Crippen LogP contribution in [0.1, 0.15) is 5.69 Å². The van der Waals surface area contributed by atoms with Crippen LogP contribution >= 0.6 is 0 Å². The summed E-state index contributed by atoms with van der Waals surface area (Å²) in [5, 5.41) is 0.384. The number of pyridine rings is 1. The molecule has 2 aromatic heterocycles. The molecule has 78 valence electrons. The van der Waals surface area contributed by atoms with Crippen LogP contribution in [-0.2, 0) is 13.6 Å². The average molecular weight is 206 g/mol. The van der Waals surface area contributed by atoms with E-state index in [1.807, 2.05) is 0 Å². The quantitative estimate of drug-likeness (QED) is 0.631. The van der Waals surface area contributed by atoms with E-state index in [2.05, 4.69) is 9.97 Å². The molecule has 0 aliphatic carbocycles. The number of aryl methyl sites for hydroxylation is 1. The molecule has 15 heavy (non-hydrogen) atoms. The van der Waals surface area contributed by atoms with E-state index < -0.39 is 11.2 Å². The Kier molecular flexibility index (Phi) is 2.12. The lowest BCUT2D eigenvalue weighted by Gasteiger charge is -2.03. The third-order valence-corrected chi connectivity index (χ3v) is 2.23. The number of nitrogens with zero attached hydrogens (tertiary/aromatic N) is 2. The number of nitrogens with one attached hydrogen (secondary N) is 1. The summed E-state index contributed by atoms with van der Waals surface area (Å²) in [7, 11) is 1.55. The number of hydrogen-bond acceptors (Lipinski definition) is 4. The van der Waals surface area contributed by atoms with E-state index in [9.17, 15) is 9.59 Å². The molecular formula is C9H10N4O2. The molecule has 6 nitrogen and oxygen atoms in total. The molecule has 6 heteroatoms. The van der Waals surface area contributed by atoms with E-state index >= 15 is 0 Å². The maximum Gasteiger partial charge on any atom is 0.329 e. The second-order valence-corrected chi connectivity index (χ2v) is 3.20. The van der Waals surface area contributed by atoms with Crippen LogP contribution in [0.25, 0.3) is 11.0 Å². The Bertz CT molecular complexity index is 626. The van der Waals surface area contributed by atoms with Crippen LogP contribution < -0.4 is 17.0 Å². The minimum Gasteiger partial charge on any atom is -0.325 e. The first-order valence-electron chi connectivity index (χ1n) is 4.42. The third-order valence-electron chi connectivity index (χ3n) is 2.23. The van der Waals surface area contributed by atoms with Crippen LogP contribution in [0.2, 0.25) is 0 Å². The Morgan fingerprint density at radius 2 is 2.20 bits per heavy atom. The minimum absolute atomic E-state index is 0.275. The molecule has 3 N–H and O–H groups in total. The summed E-state index contributed by atoms with van der Waals surface area (Å²) >= 11 is 0. The van der Waals surface area contributed by atoms with Crippen molar-refractivity contribution in [1.82, 2.24) is 14.5 Å². The zero-order valence-electron chi connectivity index (χ0n) is 8.15. The van der Waals surface area contributed by atoms with Crippen LogP contribution in [0.4, 0.5) is 0 Å². The van der Waals surface area contributed by atoms with Crippen molar-refractivity contribution in [2.45, 2.75) is 6.54 Å². The largest absolute Gasteiger partial charge is 0.329 e. The van der Waals surface area contributed by atoms with Crippen molar-refractivity contribution in [2.24, 2.45) is 12.8 Å². The number of aromatic nitrogens is 3. The van der Waals surface area contributed by atoms with Crippen molar-refractivity contribution < 1.29 is 0 Å². The Balaban J connectivity index is 2.98. The van der Waals surface area contributed by atoms with Gasteiger partial charge < -0.3 is 5.73 Å². The molecule has 0 fully saturated rings. The highest BCUT2D eigenvalue weighted by Crippen LogP contribution is 2.04. The number of rotatable bonds is 1. The van der Waals surface area contributed by atoms with Gasteiger partial charge in [-0.05, 0) is 12.1 Å². The van der Waals surface area contributed by atoms with E-state index in [0.29, 0.717) is 16.7 Å². The second kappa shape index (κ2) is 3.32. The number of hydrogen-bond donors (Lipinski definition) is 2. The fourth-order valence-corrected chi connectivity index (χ4v) is 1.38. The van der Waals surface area contributed by atoms with Gasteiger partial charge in [0.2, 0.25) is 0 Å². The maximum atomic E-state index is 11.4. The molecule has 0 aromatic carbocycles. The zero-order valence-corrected chi connectivity index (χ0v) is 8.15. The molecule has 0 aliphatic heterocycles. The first-order chi connectivity index (χ1) is 7.13. The van der Waals surface area contributed by atoms with Gasteiger partial charge in [-0.25, -0.2) is 9.78 Å². The Morgan fingerprint density at radius 1 is 1.47 bits per heavy atom. The van der Waals surface area contributed by atoms with Gasteiger partial charge in [0.15, 0.2) is 0 Å². The van der Waals surface area contributed by atoms with Gasteiger partial charge in [0.05, 0.1) is 11.1 Å². The van der Waals surface area contributed by atoms with Crippen LogP contribution in [-0.4, -0.2) is 14.5 Å². The Labute approximate surface area is 84.4 Å². The molecule has 2 rings (SSSR count).